The molecular weight excluding hydrogens is 441 g/mol. The number of methoxy groups -OCH3 is 1. The lowest BCUT2D eigenvalue weighted by Gasteiger charge is -2.13. The van der Waals surface area contributed by atoms with Gasteiger partial charge in [0.15, 0.2) is 5.58 Å². The number of halogens is 1. The second-order valence-electron chi connectivity index (χ2n) is 8.15. The summed E-state index contributed by atoms with van der Waals surface area (Å²) in [5.74, 6) is 0.00929. The molecule has 0 saturated carbocycles. The first-order valence-corrected chi connectivity index (χ1v) is 10.7. The van der Waals surface area contributed by atoms with Gasteiger partial charge in [-0.2, -0.15) is 0 Å². The summed E-state index contributed by atoms with van der Waals surface area (Å²) in [5.41, 5.74) is 4.39. The van der Waals surface area contributed by atoms with Gasteiger partial charge in [0.05, 0.1) is 31.5 Å². The maximum absolute atomic E-state index is 14.7. The number of hydrogen-bond acceptors (Lipinski definition) is 7. The monoisotopic (exact) mass is 463 g/mol. The van der Waals surface area contributed by atoms with Gasteiger partial charge >= 0.3 is 5.76 Å². The normalized spacial score (nSPS) is 11.6. The summed E-state index contributed by atoms with van der Waals surface area (Å²) in [4.78, 5) is 17.6. The van der Waals surface area contributed by atoms with Crippen LogP contribution in [-0.2, 0) is 13.2 Å². The van der Waals surface area contributed by atoms with E-state index in [9.17, 15) is 14.3 Å². The predicted molar refractivity (Wildman–Crippen MR) is 123 cm³/mol. The van der Waals surface area contributed by atoms with Crippen molar-refractivity contribution in [1.29, 1.82) is 0 Å². The van der Waals surface area contributed by atoms with Gasteiger partial charge in [-0.15, -0.1) is 0 Å². The molecule has 0 saturated heterocycles. The summed E-state index contributed by atoms with van der Waals surface area (Å²) < 4.78 is 32.4. The molecule has 0 unspecified atom stereocenters. The molecule has 34 heavy (non-hydrogen) atoms. The van der Waals surface area contributed by atoms with E-state index in [4.69, 9.17) is 13.7 Å². The van der Waals surface area contributed by atoms with Crippen LogP contribution < -0.4 is 10.5 Å². The van der Waals surface area contributed by atoms with E-state index in [0.29, 0.717) is 50.3 Å². The SMILES string of the molecule is COc1cc(-c2c(C)noc2C)c2nc(CO)c3oc(=O)n(Cc4c(C)cccc4F)c3c2c1. The van der Waals surface area contributed by atoms with Gasteiger partial charge in [-0.25, -0.2) is 14.2 Å². The fourth-order valence-electron chi connectivity index (χ4n) is 4.41. The average Bonchev–Trinajstić information content (AvgIpc) is 3.33. The zero-order valence-electron chi connectivity index (χ0n) is 19.1. The van der Waals surface area contributed by atoms with Crippen molar-refractivity contribution in [2.45, 2.75) is 33.9 Å². The van der Waals surface area contributed by atoms with Crippen molar-refractivity contribution in [2.24, 2.45) is 0 Å². The first-order valence-electron chi connectivity index (χ1n) is 10.7. The van der Waals surface area contributed by atoms with E-state index in [1.165, 1.54) is 17.7 Å². The Labute approximate surface area is 193 Å². The van der Waals surface area contributed by atoms with Crippen LogP contribution >= 0.6 is 0 Å². The lowest BCUT2D eigenvalue weighted by Crippen LogP contribution is -2.16. The minimum Gasteiger partial charge on any atom is -0.497 e. The number of pyridine rings is 1. The zero-order chi connectivity index (χ0) is 24.1. The molecule has 0 radical (unpaired) electrons. The van der Waals surface area contributed by atoms with Crippen LogP contribution in [0.4, 0.5) is 4.39 Å². The molecule has 2 aromatic carbocycles. The Morgan fingerprint density at radius 1 is 1.21 bits per heavy atom. The van der Waals surface area contributed by atoms with Gasteiger partial charge in [0, 0.05) is 22.1 Å². The highest BCUT2D eigenvalue weighted by atomic mass is 19.1. The van der Waals surface area contributed by atoms with Crippen LogP contribution in [0.2, 0.25) is 0 Å². The van der Waals surface area contributed by atoms with Crippen molar-refractivity contribution >= 4 is 22.0 Å². The number of rotatable bonds is 5. The molecule has 0 fully saturated rings. The van der Waals surface area contributed by atoms with Crippen molar-refractivity contribution in [3.8, 4) is 16.9 Å². The van der Waals surface area contributed by atoms with Crippen molar-refractivity contribution in [1.82, 2.24) is 14.7 Å². The minimum absolute atomic E-state index is 0.0494. The third kappa shape index (κ3) is 3.28. The molecule has 0 aliphatic rings. The smallest absolute Gasteiger partial charge is 0.420 e. The quantitative estimate of drug-likeness (QED) is 0.412. The van der Waals surface area contributed by atoms with Gasteiger partial charge in [0.2, 0.25) is 0 Å². The van der Waals surface area contributed by atoms with E-state index < -0.39 is 18.2 Å². The lowest BCUT2D eigenvalue weighted by atomic mass is 9.99. The number of aromatic nitrogens is 3. The Kier molecular flexibility index (Phi) is 5.21. The number of benzene rings is 2. The van der Waals surface area contributed by atoms with Crippen molar-refractivity contribution in [3.63, 3.8) is 0 Å². The minimum atomic E-state index is -0.677. The van der Waals surface area contributed by atoms with Gasteiger partial charge in [0.1, 0.15) is 28.5 Å². The molecule has 0 atom stereocenters. The van der Waals surface area contributed by atoms with Crippen LogP contribution in [0.3, 0.4) is 0 Å². The van der Waals surface area contributed by atoms with Gasteiger partial charge in [0.25, 0.3) is 0 Å². The molecule has 0 spiro atoms. The molecule has 174 valence electrons. The Morgan fingerprint density at radius 3 is 2.65 bits per heavy atom. The van der Waals surface area contributed by atoms with Crippen LogP contribution in [0.15, 0.2) is 44.1 Å². The summed E-state index contributed by atoms with van der Waals surface area (Å²) in [7, 11) is 1.54. The van der Waals surface area contributed by atoms with E-state index in [1.54, 1.807) is 38.1 Å². The number of oxazole rings is 1. The summed E-state index contributed by atoms with van der Waals surface area (Å²) in [6.45, 7) is 4.89. The van der Waals surface area contributed by atoms with E-state index in [-0.39, 0.29) is 17.8 Å². The fraction of sp³-hybridized carbons (Fsp3) is 0.240. The van der Waals surface area contributed by atoms with Crippen molar-refractivity contribution in [3.05, 3.63) is 75.0 Å². The Balaban J connectivity index is 1.92. The number of ether oxygens (including phenoxy) is 1. The second-order valence-corrected chi connectivity index (χ2v) is 8.15. The number of hydrogen-bond donors (Lipinski definition) is 1. The molecule has 1 N–H and O–H groups in total. The molecule has 8 nitrogen and oxygen atoms in total. The van der Waals surface area contributed by atoms with Crippen LogP contribution in [0.5, 0.6) is 5.75 Å². The van der Waals surface area contributed by atoms with Crippen LogP contribution in [-0.4, -0.2) is 26.9 Å². The highest BCUT2D eigenvalue weighted by Gasteiger charge is 2.24. The van der Waals surface area contributed by atoms with Gasteiger partial charge in [-0.1, -0.05) is 17.3 Å². The summed E-state index contributed by atoms with van der Waals surface area (Å²) in [5, 5.41) is 14.7. The Bertz CT molecular complexity index is 1590. The van der Waals surface area contributed by atoms with Crippen LogP contribution in [0.1, 0.15) is 28.3 Å². The third-order valence-corrected chi connectivity index (χ3v) is 6.10. The topological polar surface area (TPSA) is 104 Å². The molecule has 5 aromatic rings. The molecule has 5 rings (SSSR count). The molecular formula is C25H22FN3O5. The zero-order valence-corrected chi connectivity index (χ0v) is 19.1. The standard InChI is InChI=1S/C25H22FN3O5/c1-12-6-5-7-19(26)18(12)10-29-23-17-9-15(32-4)8-16(21-13(2)28-34-14(21)3)22(17)27-20(11-30)24(23)33-25(29)31/h5-9,30H,10-11H2,1-4H3. The number of fused-ring (bicyclic) bond motifs is 3. The first kappa shape index (κ1) is 21.8. The van der Waals surface area contributed by atoms with Crippen molar-refractivity contribution < 1.29 is 23.2 Å². The Hall–Kier alpha value is -3.98. The molecule has 0 amide bonds. The molecule has 0 aliphatic heterocycles. The summed E-state index contributed by atoms with van der Waals surface area (Å²) >= 11 is 0. The van der Waals surface area contributed by atoms with Gasteiger partial charge < -0.3 is 18.8 Å². The summed E-state index contributed by atoms with van der Waals surface area (Å²) in [6, 6.07) is 8.30. The maximum atomic E-state index is 14.7. The molecule has 0 aliphatic carbocycles. The largest absolute Gasteiger partial charge is 0.497 e. The second kappa shape index (κ2) is 8.11. The molecule has 9 heteroatoms. The van der Waals surface area contributed by atoms with Gasteiger partial charge in [-0.3, -0.25) is 4.57 Å². The first-order chi connectivity index (χ1) is 16.3. The fourth-order valence-corrected chi connectivity index (χ4v) is 4.41. The Morgan fingerprint density at radius 2 is 2.00 bits per heavy atom. The molecule has 0 bridgehead atoms. The molecule has 3 aromatic heterocycles. The summed E-state index contributed by atoms with van der Waals surface area (Å²) in [6.07, 6.45) is 0. The van der Waals surface area contributed by atoms with Crippen molar-refractivity contribution in [2.75, 3.05) is 7.11 Å². The van der Waals surface area contributed by atoms with Crippen LogP contribution in [0.25, 0.3) is 33.1 Å². The van der Waals surface area contributed by atoms with Crippen LogP contribution in [0, 0.1) is 26.6 Å². The average molecular weight is 463 g/mol. The number of aryl methyl sites for hydroxylation is 3. The highest BCUT2D eigenvalue weighted by molar-refractivity contribution is 6.09. The van der Waals surface area contributed by atoms with E-state index >= 15 is 0 Å². The van der Waals surface area contributed by atoms with Gasteiger partial charge in [-0.05, 0) is 44.5 Å². The molecule has 3 heterocycles. The third-order valence-electron chi connectivity index (χ3n) is 6.10. The predicted octanol–water partition coefficient (Wildman–Crippen LogP) is 4.41. The number of aliphatic hydroxyl groups excluding tert-OH is 1. The van der Waals surface area contributed by atoms with E-state index in [1.807, 2.05) is 6.92 Å². The number of aliphatic hydroxyl groups is 1. The van der Waals surface area contributed by atoms with E-state index in [2.05, 4.69) is 10.1 Å². The maximum Gasteiger partial charge on any atom is 0.420 e. The highest BCUT2D eigenvalue weighted by Crippen LogP contribution is 2.39. The van der Waals surface area contributed by atoms with E-state index in [0.717, 1.165) is 5.56 Å². The number of nitrogens with zero attached hydrogens (tertiary/aromatic N) is 3. The lowest BCUT2D eigenvalue weighted by molar-refractivity contribution is 0.277.